The van der Waals surface area contributed by atoms with Crippen molar-refractivity contribution >= 4 is 5.97 Å². The maximum absolute atomic E-state index is 11.2. The number of hydrogen-bond donors (Lipinski definition) is 1. The molecule has 1 fully saturated rings. The quantitative estimate of drug-likeness (QED) is 0.853. The molecular formula is C18H26O2. The van der Waals surface area contributed by atoms with E-state index in [4.69, 9.17) is 0 Å². The molecule has 2 nitrogen and oxygen atoms in total. The number of rotatable bonds is 5. The van der Waals surface area contributed by atoms with Crippen LogP contribution in [0, 0.1) is 26.2 Å². The Hall–Kier alpha value is -1.31. The van der Waals surface area contributed by atoms with Gasteiger partial charge in [0.2, 0.25) is 0 Å². The van der Waals surface area contributed by atoms with Crippen molar-refractivity contribution in [3.63, 3.8) is 0 Å². The molecule has 0 radical (unpaired) electrons. The first-order valence-electron chi connectivity index (χ1n) is 7.70. The topological polar surface area (TPSA) is 37.3 Å². The van der Waals surface area contributed by atoms with E-state index in [-0.39, 0.29) is 5.41 Å². The number of benzene rings is 1. The van der Waals surface area contributed by atoms with Gasteiger partial charge < -0.3 is 5.11 Å². The van der Waals surface area contributed by atoms with Crippen LogP contribution in [0.15, 0.2) is 12.1 Å². The minimum Gasteiger partial charge on any atom is -0.481 e. The van der Waals surface area contributed by atoms with E-state index in [9.17, 15) is 9.90 Å². The lowest BCUT2D eigenvalue weighted by Crippen LogP contribution is -2.22. The van der Waals surface area contributed by atoms with Gasteiger partial charge in [0.1, 0.15) is 0 Å². The van der Waals surface area contributed by atoms with Crippen molar-refractivity contribution in [1.82, 2.24) is 0 Å². The highest BCUT2D eigenvalue weighted by atomic mass is 16.4. The number of carboxylic acid groups (broad SMARTS) is 1. The fourth-order valence-corrected chi connectivity index (χ4v) is 3.96. The highest BCUT2D eigenvalue weighted by Crippen LogP contribution is 2.45. The molecule has 0 heterocycles. The molecule has 0 aromatic heterocycles. The van der Waals surface area contributed by atoms with Gasteiger partial charge in [-0.2, -0.15) is 0 Å². The van der Waals surface area contributed by atoms with E-state index < -0.39 is 5.97 Å². The molecule has 0 aliphatic heterocycles. The Morgan fingerprint density at radius 3 is 2.20 bits per heavy atom. The summed E-state index contributed by atoms with van der Waals surface area (Å²) in [4.78, 5) is 11.2. The van der Waals surface area contributed by atoms with Crippen molar-refractivity contribution in [2.75, 3.05) is 0 Å². The summed E-state index contributed by atoms with van der Waals surface area (Å²) in [7, 11) is 0. The number of aryl methyl sites for hydroxylation is 3. The second kappa shape index (κ2) is 5.99. The summed E-state index contributed by atoms with van der Waals surface area (Å²) in [6.07, 6.45) is 6.94. The summed E-state index contributed by atoms with van der Waals surface area (Å²) in [6, 6.07) is 4.47. The first kappa shape index (κ1) is 15.1. The zero-order chi connectivity index (χ0) is 14.8. The fourth-order valence-electron chi connectivity index (χ4n) is 3.96. The number of hydrogen-bond acceptors (Lipinski definition) is 1. The van der Waals surface area contributed by atoms with Crippen molar-refractivity contribution in [2.24, 2.45) is 5.41 Å². The minimum atomic E-state index is -0.635. The average Bonchev–Trinajstić information content (AvgIpc) is 2.75. The Morgan fingerprint density at radius 2 is 1.70 bits per heavy atom. The van der Waals surface area contributed by atoms with Gasteiger partial charge in [-0.05, 0) is 68.6 Å². The SMILES string of the molecule is Cc1cc(C)c(CCC2(CC(=O)O)CCCC2)c(C)c1. The third kappa shape index (κ3) is 3.41. The molecule has 1 aromatic carbocycles. The molecule has 20 heavy (non-hydrogen) atoms. The molecule has 1 aliphatic carbocycles. The second-order valence-electron chi connectivity index (χ2n) is 6.65. The molecule has 0 unspecified atom stereocenters. The van der Waals surface area contributed by atoms with Crippen molar-refractivity contribution < 1.29 is 9.90 Å². The van der Waals surface area contributed by atoms with Crippen LogP contribution in [0.2, 0.25) is 0 Å². The van der Waals surface area contributed by atoms with E-state index >= 15 is 0 Å². The summed E-state index contributed by atoms with van der Waals surface area (Å²) < 4.78 is 0. The van der Waals surface area contributed by atoms with Crippen LogP contribution in [-0.4, -0.2) is 11.1 Å². The fraction of sp³-hybridized carbons (Fsp3) is 0.611. The summed E-state index contributed by atoms with van der Waals surface area (Å²) in [5.41, 5.74) is 5.49. The van der Waals surface area contributed by atoms with Crippen LogP contribution in [0.4, 0.5) is 0 Å². The molecule has 1 saturated carbocycles. The number of aliphatic carboxylic acids is 1. The van der Waals surface area contributed by atoms with Crippen LogP contribution in [-0.2, 0) is 11.2 Å². The summed E-state index contributed by atoms with van der Waals surface area (Å²) in [6.45, 7) is 6.48. The summed E-state index contributed by atoms with van der Waals surface area (Å²) in [5.74, 6) is -0.635. The molecule has 2 rings (SSSR count). The monoisotopic (exact) mass is 274 g/mol. The van der Waals surface area contributed by atoms with Crippen LogP contribution in [0.25, 0.3) is 0 Å². The Balaban J connectivity index is 2.12. The van der Waals surface area contributed by atoms with Crippen LogP contribution in [0.3, 0.4) is 0 Å². The van der Waals surface area contributed by atoms with Crippen molar-refractivity contribution in [3.05, 3.63) is 34.4 Å². The lowest BCUT2D eigenvalue weighted by atomic mass is 9.77. The predicted octanol–water partition coefficient (Wildman–Crippen LogP) is 4.58. The number of carbonyl (C=O) groups is 1. The van der Waals surface area contributed by atoms with Gasteiger partial charge in [-0.15, -0.1) is 0 Å². The molecular weight excluding hydrogens is 248 g/mol. The first-order valence-corrected chi connectivity index (χ1v) is 7.70. The average molecular weight is 274 g/mol. The smallest absolute Gasteiger partial charge is 0.303 e. The largest absolute Gasteiger partial charge is 0.481 e. The molecule has 0 atom stereocenters. The van der Waals surface area contributed by atoms with E-state index in [0.717, 1.165) is 25.7 Å². The van der Waals surface area contributed by atoms with Crippen molar-refractivity contribution in [1.29, 1.82) is 0 Å². The normalized spacial score (nSPS) is 17.4. The van der Waals surface area contributed by atoms with E-state index in [2.05, 4.69) is 32.9 Å². The highest BCUT2D eigenvalue weighted by molar-refractivity contribution is 5.67. The molecule has 0 amide bonds. The van der Waals surface area contributed by atoms with Gasteiger partial charge in [-0.25, -0.2) is 0 Å². The van der Waals surface area contributed by atoms with Crippen molar-refractivity contribution in [3.8, 4) is 0 Å². The lowest BCUT2D eigenvalue weighted by Gasteiger charge is -2.28. The van der Waals surface area contributed by atoms with Gasteiger partial charge in [0.05, 0.1) is 6.42 Å². The molecule has 1 aromatic rings. The minimum absolute atomic E-state index is 0.0512. The molecule has 1 N–H and O–H groups in total. The van der Waals surface area contributed by atoms with E-state index in [1.54, 1.807) is 0 Å². The molecule has 110 valence electrons. The third-order valence-corrected chi connectivity index (χ3v) is 4.94. The Morgan fingerprint density at radius 1 is 1.15 bits per heavy atom. The van der Waals surface area contributed by atoms with E-state index in [1.165, 1.54) is 35.1 Å². The predicted molar refractivity (Wildman–Crippen MR) is 82.1 cm³/mol. The van der Waals surface area contributed by atoms with Crippen LogP contribution < -0.4 is 0 Å². The summed E-state index contributed by atoms with van der Waals surface area (Å²) in [5, 5.41) is 9.18. The second-order valence-corrected chi connectivity index (χ2v) is 6.65. The van der Waals surface area contributed by atoms with E-state index in [0.29, 0.717) is 6.42 Å². The molecule has 0 bridgehead atoms. The van der Waals surface area contributed by atoms with Gasteiger partial charge in [-0.1, -0.05) is 30.5 Å². The van der Waals surface area contributed by atoms with Gasteiger partial charge in [0.15, 0.2) is 0 Å². The Labute approximate surface area is 122 Å². The highest BCUT2D eigenvalue weighted by Gasteiger charge is 2.35. The van der Waals surface area contributed by atoms with Crippen molar-refractivity contribution in [2.45, 2.75) is 65.7 Å². The first-order chi connectivity index (χ1) is 9.42. The lowest BCUT2D eigenvalue weighted by molar-refractivity contribution is -0.139. The van der Waals surface area contributed by atoms with Gasteiger partial charge in [-0.3, -0.25) is 4.79 Å². The summed E-state index contributed by atoms with van der Waals surface area (Å²) >= 11 is 0. The van der Waals surface area contributed by atoms with Gasteiger partial charge in [0, 0.05) is 0 Å². The van der Waals surface area contributed by atoms with Gasteiger partial charge in [0.25, 0.3) is 0 Å². The maximum atomic E-state index is 11.2. The Bertz CT molecular complexity index is 473. The van der Waals surface area contributed by atoms with Gasteiger partial charge >= 0.3 is 5.97 Å². The molecule has 1 aliphatic rings. The molecule has 2 heteroatoms. The van der Waals surface area contributed by atoms with Crippen LogP contribution >= 0.6 is 0 Å². The third-order valence-electron chi connectivity index (χ3n) is 4.94. The standard InChI is InChI=1S/C18H26O2/c1-13-10-14(2)16(15(3)11-13)6-9-18(12-17(19)20)7-4-5-8-18/h10-11H,4-9,12H2,1-3H3,(H,19,20). The van der Waals surface area contributed by atoms with Crippen LogP contribution in [0.1, 0.15) is 60.8 Å². The zero-order valence-electron chi connectivity index (χ0n) is 13.0. The Kier molecular flexibility index (Phi) is 4.52. The maximum Gasteiger partial charge on any atom is 0.303 e. The van der Waals surface area contributed by atoms with E-state index in [1.807, 2.05) is 0 Å². The molecule has 0 spiro atoms. The molecule has 0 saturated heterocycles. The zero-order valence-corrected chi connectivity index (χ0v) is 13.0. The number of carboxylic acids is 1. The van der Waals surface area contributed by atoms with Crippen LogP contribution in [0.5, 0.6) is 0 Å².